The standard InChI is InChI=1S/C17H20N4O3/c1-20-12-17(23-16(20)22)8-5-10-21(11-9-17)15-18-14(24-19-15)13-6-3-2-4-7-13/h2-4,6-7H,5,8-12H2,1H3/t17-/m0/s1. The van der Waals surface area contributed by atoms with Crippen molar-refractivity contribution in [3.8, 4) is 11.5 Å². The van der Waals surface area contributed by atoms with Crippen molar-refractivity contribution in [1.29, 1.82) is 0 Å². The molecule has 2 aromatic rings. The largest absolute Gasteiger partial charge is 0.441 e. The van der Waals surface area contributed by atoms with Crippen LogP contribution in [0, 0.1) is 0 Å². The van der Waals surface area contributed by atoms with Gasteiger partial charge in [-0.2, -0.15) is 4.98 Å². The summed E-state index contributed by atoms with van der Waals surface area (Å²) in [5.74, 6) is 1.13. The van der Waals surface area contributed by atoms with Gasteiger partial charge in [0.1, 0.15) is 5.60 Å². The Morgan fingerprint density at radius 3 is 2.75 bits per heavy atom. The molecule has 7 heteroatoms. The van der Waals surface area contributed by atoms with E-state index in [0.29, 0.717) is 18.4 Å². The Bertz CT molecular complexity index is 732. The maximum absolute atomic E-state index is 11.7. The van der Waals surface area contributed by atoms with E-state index in [-0.39, 0.29) is 11.7 Å². The average Bonchev–Trinajstić information content (AvgIpc) is 3.11. The van der Waals surface area contributed by atoms with Crippen LogP contribution in [0.5, 0.6) is 0 Å². The maximum Gasteiger partial charge on any atom is 0.410 e. The fourth-order valence-electron chi connectivity index (χ4n) is 3.46. The van der Waals surface area contributed by atoms with Crippen molar-refractivity contribution in [3.05, 3.63) is 30.3 Å². The second-order valence-electron chi connectivity index (χ2n) is 6.51. The monoisotopic (exact) mass is 328 g/mol. The quantitative estimate of drug-likeness (QED) is 0.843. The molecule has 7 nitrogen and oxygen atoms in total. The van der Waals surface area contributed by atoms with Crippen molar-refractivity contribution >= 4 is 12.0 Å². The van der Waals surface area contributed by atoms with E-state index in [1.54, 1.807) is 11.9 Å². The first-order valence-electron chi connectivity index (χ1n) is 8.23. The van der Waals surface area contributed by atoms with Gasteiger partial charge in [0.25, 0.3) is 11.8 Å². The Morgan fingerprint density at radius 1 is 1.17 bits per heavy atom. The summed E-state index contributed by atoms with van der Waals surface area (Å²) in [7, 11) is 1.78. The molecule has 0 saturated carbocycles. The highest BCUT2D eigenvalue weighted by Crippen LogP contribution is 2.33. The molecule has 0 radical (unpaired) electrons. The Kier molecular flexibility index (Phi) is 3.63. The summed E-state index contributed by atoms with van der Waals surface area (Å²) in [5.41, 5.74) is 0.543. The van der Waals surface area contributed by atoms with Gasteiger partial charge in [0.15, 0.2) is 0 Å². The third-order valence-corrected chi connectivity index (χ3v) is 4.76. The molecule has 4 rings (SSSR count). The first-order valence-corrected chi connectivity index (χ1v) is 8.23. The first-order chi connectivity index (χ1) is 11.7. The summed E-state index contributed by atoms with van der Waals surface area (Å²) >= 11 is 0. The lowest BCUT2D eigenvalue weighted by molar-refractivity contribution is 0.0473. The van der Waals surface area contributed by atoms with Crippen molar-refractivity contribution in [2.45, 2.75) is 24.9 Å². The molecular weight excluding hydrogens is 308 g/mol. The Balaban J connectivity index is 1.48. The van der Waals surface area contributed by atoms with E-state index in [4.69, 9.17) is 9.26 Å². The van der Waals surface area contributed by atoms with Gasteiger partial charge >= 0.3 is 6.09 Å². The molecule has 24 heavy (non-hydrogen) atoms. The number of amides is 1. The summed E-state index contributed by atoms with van der Waals surface area (Å²) in [6.45, 7) is 2.23. The molecule has 1 aromatic carbocycles. The Labute approximate surface area is 140 Å². The number of rotatable bonds is 2. The highest BCUT2D eigenvalue weighted by atomic mass is 16.6. The zero-order chi connectivity index (χ0) is 16.6. The van der Waals surface area contributed by atoms with Gasteiger partial charge in [0.05, 0.1) is 6.54 Å². The van der Waals surface area contributed by atoms with Crippen LogP contribution < -0.4 is 4.90 Å². The van der Waals surface area contributed by atoms with E-state index >= 15 is 0 Å². The van der Waals surface area contributed by atoms with Crippen LogP contribution in [-0.2, 0) is 4.74 Å². The molecule has 1 spiro atoms. The van der Waals surface area contributed by atoms with Crippen LogP contribution in [0.15, 0.2) is 34.9 Å². The lowest BCUT2D eigenvalue weighted by atomic mass is 9.95. The first kappa shape index (κ1) is 15.0. The fourth-order valence-corrected chi connectivity index (χ4v) is 3.46. The molecule has 2 aliphatic rings. The van der Waals surface area contributed by atoms with Gasteiger partial charge in [0.2, 0.25) is 0 Å². The summed E-state index contributed by atoms with van der Waals surface area (Å²) in [6.07, 6.45) is 2.34. The van der Waals surface area contributed by atoms with Gasteiger partial charge in [-0.1, -0.05) is 18.2 Å². The van der Waals surface area contributed by atoms with Crippen LogP contribution in [0.4, 0.5) is 10.7 Å². The molecule has 0 unspecified atom stereocenters. The number of nitrogens with zero attached hydrogens (tertiary/aromatic N) is 4. The molecular formula is C17H20N4O3. The molecule has 2 aliphatic heterocycles. The maximum atomic E-state index is 11.7. The Hall–Kier alpha value is -2.57. The summed E-state index contributed by atoms with van der Waals surface area (Å²) in [6, 6.07) is 9.74. The number of hydrogen-bond donors (Lipinski definition) is 0. The average molecular weight is 328 g/mol. The highest BCUT2D eigenvalue weighted by molar-refractivity contribution is 5.70. The van der Waals surface area contributed by atoms with Gasteiger partial charge in [-0.3, -0.25) is 0 Å². The van der Waals surface area contributed by atoms with Gasteiger partial charge in [-0.15, -0.1) is 0 Å². The van der Waals surface area contributed by atoms with Crippen LogP contribution in [0.1, 0.15) is 19.3 Å². The zero-order valence-corrected chi connectivity index (χ0v) is 13.6. The Morgan fingerprint density at radius 2 is 2.00 bits per heavy atom. The smallest absolute Gasteiger partial charge is 0.410 e. The van der Waals surface area contributed by atoms with Crippen LogP contribution in [0.2, 0.25) is 0 Å². The molecule has 3 heterocycles. The number of carbonyl (C=O) groups excluding carboxylic acids is 1. The van der Waals surface area contributed by atoms with Crippen LogP contribution >= 0.6 is 0 Å². The number of benzene rings is 1. The molecule has 0 aliphatic carbocycles. The van der Waals surface area contributed by atoms with E-state index in [1.807, 2.05) is 30.3 Å². The van der Waals surface area contributed by atoms with E-state index in [1.165, 1.54) is 0 Å². The number of likely N-dealkylation sites (N-methyl/N-ethyl adjacent to an activating group) is 1. The van der Waals surface area contributed by atoms with Crippen LogP contribution in [0.3, 0.4) is 0 Å². The summed E-state index contributed by atoms with van der Waals surface area (Å²) < 4.78 is 11.0. The minimum atomic E-state index is -0.368. The van der Waals surface area contributed by atoms with Crippen LogP contribution in [0.25, 0.3) is 11.5 Å². The predicted octanol–water partition coefficient (Wildman–Crippen LogP) is 2.55. The zero-order valence-electron chi connectivity index (χ0n) is 13.6. The topological polar surface area (TPSA) is 71.7 Å². The van der Waals surface area contributed by atoms with Gasteiger partial charge in [-0.05, 0) is 30.1 Å². The van der Waals surface area contributed by atoms with E-state index < -0.39 is 0 Å². The lowest BCUT2D eigenvalue weighted by Gasteiger charge is -2.24. The number of hydrogen-bond acceptors (Lipinski definition) is 6. The molecule has 1 atom stereocenters. The van der Waals surface area contributed by atoms with E-state index in [2.05, 4.69) is 15.0 Å². The van der Waals surface area contributed by atoms with Crippen molar-refractivity contribution in [2.24, 2.45) is 0 Å². The minimum absolute atomic E-state index is 0.227. The lowest BCUT2D eigenvalue weighted by Crippen LogP contribution is -2.35. The van der Waals surface area contributed by atoms with E-state index in [9.17, 15) is 4.79 Å². The molecule has 1 amide bonds. The van der Waals surface area contributed by atoms with Crippen molar-refractivity contribution in [3.63, 3.8) is 0 Å². The second kappa shape index (κ2) is 5.81. The normalized spacial score (nSPS) is 24.3. The summed E-state index contributed by atoms with van der Waals surface area (Å²) in [4.78, 5) is 20.0. The van der Waals surface area contributed by atoms with Gasteiger partial charge in [0, 0.05) is 32.1 Å². The molecule has 2 fully saturated rings. The number of ether oxygens (including phenoxy) is 1. The second-order valence-corrected chi connectivity index (χ2v) is 6.51. The van der Waals surface area contributed by atoms with Crippen molar-refractivity contribution in [2.75, 3.05) is 31.6 Å². The van der Waals surface area contributed by atoms with Crippen LogP contribution in [-0.4, -0.2) is 53.4 Å². The molecule has 0 bridgehead atoms. The predicted molar refractivity (Wildman–Crippen MR) is 87.6 cm³/mol. The molecule has 1 aromatic heterocycles. The third kappa shape index (κ3) is 2.70. The number of aromatic nitrogens is 2. The minimum Gasteiger partial charge on any atom is -0.441 e. The molecule has 2 saturated heterocycles. The molecule has 126 valence electrons. The van der Waals surface area contributed by atoms with Crippen molar-refractivity contribution < 1.29 is 14.1 Å². The van der Waals surface area contributed by atoms with Gasteiger partial charge < -0.3 is 19.1 Å². The number of carbonyl (C=O) groups is 1. The summed E-state index contributed by atoms with van der Waals surface area (Å²) in [5, 5.41) is 4.12. The SMILES string of the molecule is CN1C[C@@]2(CCCN(c3noc(-c4ccccc4)n3)CC2)OC1=O. The van der Waals surface area contributed by atoms with Crippen molar-refractivity contribution in [1.82, 2.24) is 15.0 Å². The molecule has 0 N–H and O–H groups in total. The number of anilines is 1. The highest BCUT2D eigenvalue weighted by Gasteiger charge is 2.44. The third-order valence-electron chi connectivity index (χ3n) is 4.76. The fraction of sp³-hybridized carbons (Fsp3) is 0.471. The van der Waals surface area contributed by atoms with E-state index in [0.717, 1.165) is 37.9 Å². The van der Waals surface area contributed by atoms with Gasteiger partial charge in [-0.25, -0.2) is 4.79 Å².